The third-order valence-corrected chi connectivity index (χ3v) is 3.67. The van der Waals surface area contributed by atoms with Crippen molar-refractivity contribution in [1.82, 2.24) is 0 Å². The zero-order chi connectivity index (χ0) is 13.2. The van der Waals surface area contributed by atoms with Crippen LogP contribution in [0.25, 0.3) is 0 Å². The van der Waals surface area contributed by atoms with E-state index in [1.807, 2.05) is 0 Å². The lowest BCUT2D eigenvalue weighted by Crippen LogP contribution is -2.10. The van der Waals surface area contributed by atoms with Gasteiger partial charge in [-0.2, -0.15) is 8.42 Å². The average molecular weight is 264 g/mol. The van der Waals surface area contributed by atoms with Crippen LogP contribution in [0, 0.1) is 6.92 Å². The summed E-state index contributed by atoms with van der Waals surface area (Å²) in [5.74, 6) is 0.301. The van der Waals surface area contributed by atoms with Crippen molar-refractivity contribution in [3.8, 4) is 11.5 Å². The Labute approximate surface area is 106 Å². The summed E-state index contributed by atoms with van der Waals surface area (Å²) in [6, 6.07) is 12.0. The molecule has 0 heterocycles. The third-order valence-electron chi connectivity index (χ3n) is 2.42. The van der Waals surface area contributed by atoms with Crippen LogP contribution >= 0.6 is 0 Å². The van der Waals surface area contributed by atoms with Crippen molar-refractivity contribution in [2.45, 2.75) is 11.8 Å². The van der Waals surface area contributed by atoms with E-state index in [0.29, 0.717) is 5.75 Å². The van der Waals surface area contributed by atoms with Crippen molar-refractivity contribution >= 4 is 10.1 Å². The molecular weight excluding hydrogens is 252 g/mol. The topological polar surface area (TPSA) is 63.6 Å². The molecule has 0 aliphatic heterocycles. The maximum Gasteiger partial charge on any atom is 0.339 e. The summed E-state index contributed by atoms with van der Waals surface area (Å²) >= 11 is 0. The fourth-order valence-electron chi connectivity index (χ4n) is 1.43. The van der Waals surface area contributed by atoms with Gasteiger partial charge in [0, 0.05) is 0 Å². The van der Waals surface area contributed by atoms with E-state index in [1.165, 1.54) is 24.3 Å². The molecule has 2 aromatic carbocycles. The predicted octanol–water partition coefficient (Wildman–Crippen LogP) is 2.47. The first-order valence-electron chi connectivity index (χ1n) is 5.28. The molecular formula is C13H12O4S. The van der Waals surface area contributed by atoms with Crippen LogP contribution in [-0.4, -0.2) is 13.5 Å². The SMILES string of the molecule is Cc1ccccc1OS(=O)(=O)c1ccc(O)cc1. The normalized spacial score (nSPS) is 11.2. The van der Waals surface area contributed by atoms with Gasteiger partial charge in [-0.05, 0) is 42.8 Å². The second-order valence-corrected chi connectivity index (χ2v) is 5.34. The molecule has 0 aliphatic carbocycles. The Morgan fingerprint density at radius 2 is 1.61 bits per heavy atom. The Morgan fingerprint density at radius 3 is 2.22 bits per heavy atom. The Morgan fingerprint density at radius 1 is 1.00 bits per heavy atom. The molecule has 0 atom stereocenters. The lowest BCUT2D eigenvalue weighted by molar-refractivity contribution is 0.473. The molecule has 0 unspecified atom stereocenters. The van der Waals surface area contributed by atoms with Crippen molar-refractivity contribution in [2.75, 3.05) is 0 Å². The minimum atomic E-state index is -3.86. The largest absolute Gasteiger partial charge is 0.508 e. The predicted molar refractivity (Wildman–Crippen MR) is 67.1 cm³/mol. The number of para-hydroxylation sites is 1. The monoisotopic (exact) mass is 264 g/mol. The summed E-state index contributed by atoms with van der Waals surface area (Å²) in [7, 11) is -3.86. The second-order valence-electron chi connectivity index (χ2n) is 3.80. The van der Waals surface area contributed by atoms with Crippen molar-refractivity contribution in [3.05, 3.63) is 54.1 Å². The van der Waals surface area contributed by atoms with Gasteiger partial charge in [0.25, 0.3) is 0 Å². The summed E-state index contributed by atoms with van der Waals surface area (Å²) in [6.07, 6.45) is 0. The van der Waals surface area contributed by atoms with Crippen LogP contribution in [0.15, 0.2) is 53.4 Å². The number of phenols is 1. The molecule has 0 aromatic heterocycles. The first-order valence-corrected chi connectivity index (χ1v) is 6.69. The molecule has 1 N–H and O–H groups in total. The minimum absolute atomic E-state index is 0.00329. The van der Waals surface area contributed by atoms with E-state index >= 15 is 0 Å². The van der Waals surface area contributed by atoms with Gasteiger partial charge in [0.15, 0.2) is 0 Å². The van der Waals surface area contributed by atoms with Crippen LogP contribution < -0.4 is 4.18 Å². The number of phenolic OH excluding ortho intramolecular Hbond substituents is 1. The molecule has 5 heteroatoms. The van der Waals surface area contributed by atoms with E-state index in [0.717, 1.165) is 5.56 Å². The summed E-state index contributed by atoms with van der Waals surface area (Å²) in [6.45, 7) is 1.77. The molecule has 18 heavy (non-hydrogen) atoms. The Kier molecular flexibility index (Phi) is 3.25. The zero-order valence-electron chi connectivity index (χ0n) is 9.70. The Bertz CT molecular complexity index is 645. The Balaban J connectivity index is 2.33. The molecule has 2 rings (SSSR count). The highest BCUT2D eigenvalue weighted by atomic mass is 32.2. The van der Waals surface area contributed by atoms with E-state index in [9.17, 15) is 8.42 Å². The highest BCUT2D eigenvalue weighted by Gasteiger charge is 2.17. The van der Waals surface area contributed by atoms with Gasteiger partial charge in [-0.3, -0.25) is 0 Å². The van der Waals surface area contributed by atoms with E-state index in [-0.39, 0.29) is 10.6 Å². The van der Waals surface area contributed by atoms with E-state index in [4.69, 9.17) is 9.29 Å². The van der Waals surface area contributed by atoms with Gasteiger partial charge in [0.1, 0.15) is 16.4 Å². The van der Waals surface area contributed by atoms with Crippen molar-refractivity contribution in [1.29, 1.82) is 0 Å². The average Bonchev–Trinajstić information content (AvgIpc) is 2.32. The maximum atomic E-state index is 12.0. The molecule has 0 saturated heterocycles. The van der Waals surface area contributed by atoms with Gasteiger partial charge in [0.2, 0.25) is 0 Å². The molecule has 94 valence electrons. The van der Waals surface area contributed by atoms with Crippen molar-refractivity contribution in [3.63, 3.8) is 0 Å². The van der Waals surface area contributed by atoms with Gasteiger partial charge in [-0.1, -0.05) is 18.2 Å². The number of rotatable bonds is 3. The number of aromatic hydroxyl groups is 1. The standard InChI is InChI=1S/C13H12O4S/c1-10-4-2-3-5-13(10)17-18(15,16)12-8-6-11(14)7-9-12/h2-9,14H,1H3. The molecule has 0 spiro atoms. The van der Waals surface area contributed by atoms with Crippen LogP contribution in [0.2, 0.25) is 0 Å². The van der Waals surface area contributed by atoms with Gasteiger partial charge in [0.05, 0.1) is 0 Å². The fourth-order valence-corrected chi connectivity index (χ4v) is 2.42. The van der Waals surface area contributed by atoms with Crippen LogP contribution in [0.1, 0.15) is 5.56 Å². The van der Waals surface area contributed by atoms with Gasteiger partial charge < -0.3 is 9.29 Å². The van der Waals surface area contributed by atoms with Crippen LogP contribution in [0.4, 0.5) is 0 Å². The fraction of sp³-hybridized carbons (Fsp3) is 0.0769. The van der Waals surface area contributed by atoms with Gasteiger partial charge in [-0.25, -0.2) is 0 Å². The molecule has 2 aromatic rings. The number of aryl methyl sites for hydroxylation is 1. The molecule has 0 radical (unpaired) electrons. The summed E-state index contributed by atoms with van der Waals surface area (Å²) in [4.78, 5) is 0.00329. The Hall–Kier alpha value is -2.01. The summed E-state index contributed by atoms with van der Waals surface area (Å²) < 4.78 is 29.0. The lowest BCUT2D eigenvalue weighted by Gasteiger charge is -2.09. The van der Waals surface area contributed by atoms with Gasteiger partial charge >= 0.3 is 10.1 Å². The smallest absolute Gasteiger partial charge is 0.339 e. The van der Waals surface area contributed by atoms with Crippen molar-refractivity contribution < 1.29 is 17.7 Å². The maximum absolute atomic E-state index is 12.0. The quantitative estimate of drug-likeness (QED) is 0.865. The minimum Gasteiger partial charge on any atom is -0.508 e. The molecule has 4 nitrogen and oxygen atoms in total. The first-order chi connectivity index (χ1) is 8.49. The molecule has 0 bridgehead atoms. The molecule has 0 saturated carbocycles. The first kappa shape index (κ1) is 12.4. The van der Waals surface area contributed by atoms with E-state index < -0.39 is 10.1 Å². The molecule has 0 fully saturated rings. The van der Waals surface area contributed by atoms with E-state index in [2.05, 4.69) is 0 Å². The number of hydrogen-bond acceptors (Lipinski definition) is 4. The third kappa shape index (κ3) is 2.62. The lowest BCUT2D eigenvalue weighted by atomic mass is 10.2. The summed E-state index contributed by atoms with van der Waals surface area (Å²) in [5, 5.41) is 9.12. The van der Waals surface area contributed by atoms with Crippen LogP contribution in [-0.2, 0) is 10.1 Å². The van der Waals surface area contributed by atoms with E-state index in [1.54, 1.807) is 31.2 Å². The second kappa shape index (κ2) is 4.70. The van der Waals surface area contributed by atoms with Gasteiger partial charge in [-0.15, -0.1) is 0 Å². The highest BCUT2D eigenvalue weighted by Crippen LogP contribution is 2.23. The molecule has 0 aliphatic rings. The van der Waals surface area contributed by atoms with Crippen LogP contribution in [0.5, 0.6) is 11.5 Å². The summed E-state index contributed by atoms with van der Waals surface area (Å²) in [5.41, 5.74) is 0.736. The van der Waals surface area contributed by atoms with Crippen molar-refractivity contribution in [2.24, 2.45) is 0 Å². The molecule has 0 amide bonds. The highest BCUT2D eigenvalue weighted by molar-refractivity contribution is 7.87. The number of benzene rings is 2. The van der Waals surface area contributed by atoms with Crippen LogP contribution in [0.3, 0.4) is 0 Å². The zero-order valence-corrected chi connectivity index (χ0v) is 10.5. The number of hydrogen-bond donors (Lipinski definition) is 1.